The molecule has 32 heavy (non-hydrogen) atoms. The lowest BCUT2D eigenvalue weighted by atomic mass is 10.00. The molecule has 0 bridgehead atoms. The average Bonchev–Trinajstić information content (AvgIpc) is 3.27. The van der Waals surface area contributed by atoms with Crippen molar-refractivity contribution >= 4 is 22.7 Å². The van der Waals surface area contributed by atoms with E-state index in [1.807, 2.05) is 35.2 Å². The lowest BCUT2D eigenvalue weighted by molar-refractivity contribution is 0.393. The number of nitrogens with zero attached hydrogens (tertiary/aromatic N) is 4. The maximum absolute atomic E-state index is 4.73. The van der Waals surface area contributed by atoms with Crippen molar-refractivity contribution in [3.05, 3.63) is 72.7 Å². The molecule has 0 amide bonds. The van der Waals surface area contributed by atoms with Crippen molar-refractivity contribution < 1.29 is 0 Å². The Bertz CT molecular complexity index is 1170. The van der Waals surface area contributed by atoms with Gasteiger partial charge in [-0.1, -0.05) is 30.3 Å². The second kappa shape index (κ2) is 9.36. The summed E-state index contributed by atoms with van der Waals surface area (Å²) in [4.78, 5) is 13.8. The molecule has 7 nitrogen and oxygen atoms in total. The molecule has 2 aromatic carbocycles. The van der Waals surface area contributed by atoms with Gasteiger partial charge < -0.3 is 16.0 Å². The predicted molar refractivity (Wildman–Crippen MR) is 129 cm³/mol. The van der Waals surface area contributed by atoms with E-state index in [9.17, 15) is 0 Å². The first kappa shape index (κ1) is 20.5. The summed E-state index contributed by atoms with van der Waals surface area (Å²) >= 11 is 0. The Labute approximate surface area is 188 Å². The van der Waals surface area contributed by atoms with Gasteiger partial charge in [-0.25, -0.2) is 9.97 Å². The van der Waals surface area contributed by atoms with E-state index in [2.05, 4.69) is 63.2 Å². The molecule has 2 aromatic heterocycles. The normalized spacial score (nSPS) is 17.2. The Morgan fingerprint density at radius 3 is 2.88 bits per heavy atom. The van der Waals surface area contributed by atoms with Gasteiger partial charge in [-0.3, -0.25) is 4.57 Å². The fourth-order valence-electron chi connectivity index (χ4n) is 4.24. The van der Waals surface area contributed by atoms with Crippen molar-refractivity contribution in [2.24, 2.45) is 5.92 Å². The number of benzene rings is 2. The van der Waals surface area contributed by atoms with Crippen LogP contribution in [0.3, 0.4) is 0 Å². The van der Waals surface area contributed by atoms with E-state index in [4.69, 9.17) is 4.98 Å². The van der Waals surface area contributed by atoms with Crippen molar-refractivity contribution in [2.45, 2.75) is 25.8 Å². The standard InChI is InChI=1S/C25H29N7/c1-18(20-7-3-2-4-8-20)30-25-27-13-11-24(31-25)32-17-29-22-14-21(9-10-23(22)32)28-16-19-6-5-12-26-15-19/h2-4,7-11,13-14,17-19,26,28H,5-6,12,15-16H2,1H3,(H,27,30,31)/t18-,19?/m0/s1. The summed E-state index contributed by atoms with van der Waals surface area (Å²) in [5.41, 5.74) is 4.27. The Hall–Kier alpha value is -3.45. The molecule has 1 aliphatic rings. The van der Waals surface area contributed by atoms with Gasteiger partial charge in [-0.2, -0.15) is 4.98 Å². The molecule has 164 valence electrons. The lowest BCUT2D eigenvalue weighted by Crippen LogP contribution is -2.33. The van der Waals surface area contributed by atoms with Crippen molar-refractivity contribution in [2.75, 3.05) is 30.3 Å². The Balaban J connectivity index is 1.31. The number of imidazole rings is 1. The van der Waals surface area contributed by atoms with E-state index in [1.165, 1.54) is 18.4 Å². The summed E-state index contributed by atoms with van der Waals surface area (Å²) in [6.45, 7) is 5.33. The summed E-state index contributed by atoms with van der Waals surface area (Å²) in [6.07, 6.45) is 6.15. The summed E-state index contributed by atoms with van der Waals surface area (Å²) in [7, 11) is 0. The molecule has 0 radical (unpaired) electrons. The molecule has 4 aromatic rings. The zero-order valence-electron chi connectivity index (χ0n) is 18.3. The molecule has 1 fully saturated rings. The van der Waals surface area contributed by atoms with Crippen LogP contribution in [0.4, 0.5) is 11.6 Å². The minimum Gasteiger partial charge on any atom is -0.385 e. The van der Waals surface area contributed by atoms with Gasteiger partial charge in [0.15, 0.2) is 0 Å². The Morgan fingerprint density at radius 2 is 2.03 bits per heavy atom. The van der Waals surface area contributed by atoms with Gasteiger partial charge in [0.25, 0.3) is 0 Å². The highest BCUT2D eigenvalue weighted by Gasteiger charge is 2.13. The average molecular weight is 428 g/mol. The molecule has 5 rings (SSSR count). The molecule has 1 aliphatic heterocycles. The Kier molecular flexibility index (Phi) is 5.98. The van der Waals surface area contributed by atoms with Crippen LogP contribution in [0, 0.1) is 5.92 Å². The number of piperidine rings is 1. The summed E-state index contributed by atoms with van der Waals surface area (Å²) in [5, 5.41) is 10.4. The Morgan fingerprint density at radius 1 is 1.12 bits per heavy atom. The molecule has 0 saturated carbocycles. The second-order valence-corrected chi connectivity index (χ2v) is 8.43. The van der Waals surface area contributed by atoms with Crippen LogP contribution in [-0.2, 0) is 0 Å². The van der Waals surface area contributed by atoms with E-state index >= 15 is 0 Å². The van der Waals surface area contributed by atoms with Gasteiger partial charge in [-0.05, 0) is 68.6 Å². The zero-order chi connectivity index (χ0) is 21.8. The van der Waals surface area contributed by atoms with Crippen molar-refractivity contribution in [3.63, 3.8) is 0 Å². The van der Waals surface area contributed by atoms with Gasteiger partial charge in [0.2, 0.25) is 5.95 Å². The van der Waals surface area contributed by atoms with Gasteiger partial charge in [0.05, 0.1) is 17.1 Å². The zero-order valence-corrected chi connectivity index (χ0v) is 18.3. The van der Waals surface area contributed by atoms with Crippen molar-refractivity contribution in [1.29, 1.82) is 0 Å². The van der Waals surface area contributed by atoms with Crippen LogP contribution in [0.1, 0.15) is 31.4 Å². The van der Waals surface area contributed by atoms with Gasteiger partial charge in [0, 0.05) is 18.4 Å². The van der Waals surface area contributed by atoms with Crippen LogP contribution in [0.2, 0.25) is 0 Å². The van der Waals surface area contributed by atoms with Crippen LogP contribution in [0.25, 0.3) is 16.9 Å². The minimum absolute atomic E-state index is 0.110. The third-order valence-electron chi connectivity index (χ3n) is 6.07. The van der Waals surface area contributed by atoms with Crippen LogP contribution in [-0.4, -0.2) is 39.2 Å². The number of rotatable bonds is 7. The monoisotopic (exact) mass is 427 g/mol. The topological polar surface area (TPSA) is 79.7 Å². The van der Waals surface area contributed by atoms with E-state index in [0.29, 0.717) is 11.9 Å². The van der Waals surface area contributed by atoms with Crippen molar-refractivity contribution in [3.8, 4) is 5.82 Å². The second-order valence-electron chi connectivity index (χ2n) is 8.43. The number of fused-ring (bicyclic) bond motifs is 1. The first-order valence-electron chi connectivity index (χ1n) is 11.3. The number of hydrogen-bond acceptors (Lipinski definition) is 6. The highest BCUT2D eigenvalue weighted by Crippen LogP contribution is 2.23. The number of nitrogens with one attached hydrogen (secondary N) is 3. The van der Waals surface area contributed by atoms with Crippen LogP contribution in [0.15, 0.2) is 67.1 Å². The molecule has 0 aliphatic carbocycles. The largest absolute Gasteiger partial charge is 0.385 e. The summed E-state index contributed by atoms with van der Waals surface area (Å²) in [6, 6.07) is 18.6. The fraction of sp³-hybridized carbons (Fsp3) is 0.320. The highest BCUT2D eigenvalue weighted by molar-refractivity contribution is 5.81. The highest BCUT2D eigenvalue weighted by atomic mass is 15.2. The van der Waals surface area contributed by atoms with E-state index in [1.54, 1.807) is 6.20 Å². The first-order chi connectivity index (χ1) is 15.8. The van der Waals surface area contributed by atoms with Gasteiger partial charge >= 0.3 is 0 Å². The summed E-state index contributed by atoms with van der Waals surface area (Å²) < 4.78 is 2.00. The number of anilines is 2. The molecule has 2 atom stereocenters. The quantitative estimate of drug-likeness (QED) is 0.406. The molecule has 3 N–H and O–H groups in total. The molecule has 1 unspecified atom stereocenters. The smallest absolute Gasteiger partial charge is 0.225 e. The van der Waals surface area contributed by atoms with Crippen LogP contribution < -0.4 is 16.0 Å². The molecule has 1 saturated heterocycles. The van der Waals surface area contributed by atoms with Gasteiger partial charge in [-0.15, -0.1) is 0 Å². The fourth-order valence-corrected chi connectivity index (χ4v) is 4.24. The maximum atomic E-state index is 4.73. The lowest BCUT2D eigenvalue weighted by Gasteiger charge is -2.23. The third-order valence-corrected chi connectivity index (χ3v) is 6.07. The van der Waals surface area contributed by atoms with Crippen molar-refractivity contribution in [1.82, 2.24) is 24.8 Å². The van der Waals surface area contributed by atoms with Crippen LogP contribution >= 0.6 is 0 Å². The summed E-state index contributed by atoms with van der Waals surface area (Å²) in [5.74, 6) is 2.07. The maximum Gasteiger partial charge on any atom is 0.225 e. The first-order valence-corrected chi connectivity index (χ1v) is 11.3. The van der Waals surface area contributed by atoms with E-state index in [0.717, 1.165) is 42.2 Å². The molecule has 7 heteroatoms. The molecule has 0 spiro atoms. The SMILES string of the molecule is C[C@H](Nc1nccc(-n2cnc3cc(NCC4CCCNC4)ccc32)n1)c1ccccc1. The van der Waals surface area contributed by atoms with E-state index < -0.39 is 0 Å². The van der Waals surface area contributed by atoms with Crippen LogP contribution in [0.5, 0.6) is 0 Å². The third kappa shape index (κ3) is 4.57. The minimum atomic E-state index is 0.110. The molecular formula is C25H29N7. The molecule has 3 heterocycles. The predicted octanol–water partition coefficient (Wildman–Crippen LogP) is 4.40. The van der Waals surface area contributed by atoms with Gasteiger partial charge in [0.1, 0.15) is 12.1 Å². The molecular weight excluding hydrogens is 398 g/mol. The van der Waals surface area contributed by atoms with E-state index in [-0.39, 0.29) is 6.04 Å². The number of hydrogen-bond donors (Lipinski definition) is 3. The number of aromatic nitrogens is 4.